The Morgan fingerprint density at radius 2 is 1.86 bits per heavy atom. The van der Waals surface area contributed by atoms with Crippen molar-refractivity contribution in [1.29, 1.82) is 0 Å². The maximum Gasteiger partial charge on any atom is 0.259 e. The van der Waals surface area contributed by atoms with E-state index in [9.17, 15) is 4.79 Å². The molecule has 6 heteroatoms. The lowest BCUT2D eigenvalue weighted by Gasteiger charge is -2.33. The van der Waals surface area contributed by atoms with E-state index in [1.165, 1.54) is 6.42 Å². The summed E-state index contributed by atoms with van der Waals surface area (Å²) in [5, 5.41) is 4.11. The lowest BCUT2D eigenvalue weighted by Crippen LogP contribution is -2.42. The monoisotopic (exact) mass is 377 g/mol. The molecule has 3 aromatic rings. The van der Waals surface area contributed by atoms with Gasteiger partial charge in [0.15, 0.2) is 0 Å². The molecule has 1 aliphatic heterocycles. The molecule has 4 rings (SSSR count). The van der Waals surface area contributed by atoms with Gasteiger partial charge in [-0.05, 0) is 50.5 Å². The van der Waals surface area contributed by atoms with Crippen LogP contribution < -0.4 is 4.74 Å². The van der Waals surface area contributed by atoms with Gasteiger partial charge in [-0.2, -0.15) is 4.98 Å². The number of hydrogen-bond acceptors (Lipinski definition) is 5. The highest BCUT2D eigenvalue weighted by Gasteiger charge is 2.27. The predicted octanol–water partition coefficient (Wildman–Crippen LogP) is 4.43. The number of ether oxygens (including phenoxy) is 1. The normalized spacial score (nSPS) is 16.8. The van der Waals surface area contributed by atoms with Crippen LogP contribution in [0.3, 0.4) is 0 Å². The van der Waals surface area contributed by atoms with Gasteiger partial charge < -0.3 is 14.2 Å². The molecule has 0 N–H and O–H groups in total. The summed E-state index contributed by atoms with van der Waals surface area (Å²) in [6, 6.07) is 15.1. The number of amides is 1. The Morgan fingerprint density at radius 3 is 2.64 bits per heavy atom. The Hall–Kier alpha value is -3.15. The number of piperidine rings is 1. The van der Waals surface area contributed by atoms with Crippen LogP contribution >= 0.6 is 0 Å². The quantitative estimate of drug-likeness (QED) is 0.673. The van der Waals surface area contributed by atoms with E-state index in [0.29, 0.717) is 28.6 Å². The second-order valence-corrected chi connectivity index (χ2v) is 7.01. The smallest absolute Gasteiger partial charge is 0.259 e. The van der Waals surface area contributed by atoms with E-state index in [2.05, 4.69) is 17.1 Å². The molecule has 0 saturated carbocycles. The third-order valence-electron chi connectivity index (χ3n) is 5.23. The number of rotatable bonds is 4. The van der Waals surface area contributed by atoms with Gasteiger partial charge in [-0.1, -0.05) is 29.4 Å². The zero-order chi connectivity index (χ0) is 19.5. The summed E-state index contributed by atoms with van der Waals surface area (Å²) < 4.78 is 10.9. The number of methoxy groups -OCH3 is 1. The minimum Gasteiger partial charge on any atom is -0.496 e. The van der Waals surface area contributed by atoms with Crippen LogP contribution in [0.1, 0.15) is 36.5 Å². The fraction of sp³-hybridized carbons (Fsp3) is 0.318. The Morgan fingerprint density at radius 1 is 1.11 bits per heavy atom. The van der Waals surface area contributed by atoms with Crippen LogP contribution in [-0.4, -0.2) is 40.6 Å². The second-order valence-electron chi connectivity index (χ2n) is 7.01. The molecule has 1 aromatic heterocycles. The zero-order valence-electron chi connectivity index (χ0n) is 16.1. The maximum atomic E-state index is 13.2. The Balaban J connectivity index is 1.70. The number of benzene rings is 2. The van der Waals surface area contributed by atoms with E-state index >= 15 is 0 Å². The van der Waals surface area contributed by atoms with Gasteiger partial charge in [0.05, 0.1) is 23.8 Å². The predicted molar refractivity (Wildman–Crippen MR) is 106 cm³/mol. The Bertz CT molecular complexity index is 982. The summed E-state index contributed by atoms with van der Waals surface area (Å²) >= 11 is 0. The third kappa shape index (κ3) is 3.38. The molecule has 2 heterocycles. The molecule has 144 valence electrons. The fourth-order valence-electron chi connectivity index (χ4n) is 3.68. The van der Waals surface area contributed by atoms with Gasteiger partial charge in [0.2, 0.25) is 5.82 Å². The van der Waals surface area contributed by atoms with Gasteiger partial charge in [-0.15, -0.1) is 0 Å². The summed E-state index contributed by atoms with van der Waals surface area (Å²) in [5.74, 6) is 1.44. The van der Waals surface area contributed by atoms with Crippen LogP contribution in [0.15, 0.2) is 53.1 Å². The summed E-state index contributed by atoms with van der Waals surface area (Å²) in [5.41, 5.74) is 1.99. The molecule has 6 nitrogen and oxygen atoms in total. The highest BCUT2D eigenvalue weighted by atomic mass is 16.5. The lowest BCUT2D eigenvalue weighted by molar-refractivity contribution is 0.0636. The van der Waals surface area contributed by atoms with Gasteiger partial charge in [0.25, 0.3) is 11.8 Å². The minimum atomic E-state index is 0.0137. The van der Waals surface area contributed by atoms with Crippen molar-refractivity contribution in [3.63, 3.8) is 0 Å². The molecule has 1 atom stereocenters. The van der Waals surface area contributed by atoms with Gasteiger partial charge >= 0.3 is 0 Å². The first-order chi connectivity index (χ1) is 13.7. The molecule has 1 fully saturated rings. The van der Waals surface area contributed by atoms with E-state index in [1.54, 1.807) is 7.11 Å². The second kappa shape index (κ2) is 7.84. The van der Waals surface area contributed by atoms with Crippen LogP contribution in [0.2, 0.25) is 0 Å². The van der Waals surface area contributed by atoms with Crippen molar-refractivity contribution in [3.05, 3.63) is 54.1 Å². The van der Waals surface area contributed by atoms with E-state index in [1.807, 2.05) is 53.4 Å². The zero-order valence-corrected chi connectivity index (χ0v) is 16.1. The molecule has 1 aliphatic rings. The van der Waals surface area contributed by atoms with Gasteiger partial charge in [-0.25, -0.2) is 0 Å². The first-order valence-electron chi connectivity index (χ1n) is 9.56. The average molecular weight is 377 g/mol. The fourth-order valence-corrected chi connectivity index (χ4v) is 3.68. The number of para-hydroxylation sites is 1. The first kappa shape index (κ1) is 18.2. The van der Waals surface area contributed by atoms with Gasteiger partial charge in [0.1, 0.15) is 5.75 Å². The van der Waals surface area contributed by atoms with Crippen molar-refractivity contribution >= 4 is 5.91 Å². The molecule has 2 aromatic carbocycles. The Labute approximate surface area is 164 Å². The van der Waals surface area contributed by atoms with Crippen molar-refractivity contribution in [3.8, 4) is 28.6 Å². The van der Waals surface area contributed by atoms with Crippen molar-refractivity contribution in [1.82, 2.24) is 15.0 Å². The van der Waals surface area contributed by atoms with Crippen molar-refractivity contribution in [2.45, 2.75) is 32.2 Å². The van der Waals surface area contributed by atoms with Crippen LogP contribution in [-0.2, 0) is 0 Å². The summed E-state index contributed by atoms with van der Waals surface area (Å²) in [7, 11) is 1.60. The maximum absolute atomic E-state index is 13.2. The number of hydrogen-bond donors (Lipinski definition) is 0. The SMILES string of the molecule is COc1ccccc1-c1noc(-c2ccccc2C(=O)N2CCCC[C@@H]2C)n1. The minimum absolute atomic E-state index is 0.0137. The topological polar surface area (TPSA) is 68.5 Å². The van der Waals surface area contributed by atoms with Gasteiger partial charge in [-0.3, -0.25) is 4.79 Å². The van der Waals surface area contributed by atoms with Crippen LogP contribution in [0, 0.1) is 0 Å². The number of carbonyl (C=O) groups excluding carboxylic acids is 1. The summed E-state index contributed by atoms with van der Waals surface area (Å²) in [4.78, 5) is 19.7. The average Bonchev–Trinajstić information content (AvgIpc) is 3.23. The highest BCUT2D eigenvalue weighted by molar-refractivity contribution is 6.00. The first-order valence-corrected chi connectivity index (χ1v) is 9.56. The standard InChI is InChI=1S/C22H23N3O3/c1-15-9-7-8-14-25(15)22(26)17-11-4-3-10-16(17)21-23-20(24-28-21)18-12-5-6-13-19(18)27-2/h3-6,10-13,15H,7-9,14H2,1-2H3/t15-/m0/s1. The van der Waals surface area contributed by atoms with E-state index in [4.69, 9.17) is 9.26 Å². The van der Waals surface area contributed by atoms with E-state index in [0.717, 1.165) is 24.9 Å². The largest absolute Gasteiger partial charge is 0.496 e. The number of likely N-dealkylation sites (tertiary alicyclic amines) is 1. The summed E-state index contributed by atoms with van der Waals surface area (Å²) in [6.07, 6.45) is 3.24. The molecular weight excluding hydrogens is 354 g/mol. The van der Waals surface area contributed by atoms with Crippen molar-refractivity contribution in [2.75, 3.05) is 13.7 Å². The van der Waals surface area contributed by atoms with Crippen LogP contribution in [0.4, 0.5) is 0 Å². The van der Waals surface area contributed by atoms with Gasteiger partial charge in [0, 0.05) is 12.6 Å². The molecule has 28 heavy (non-hydrogen) atoms. The molecule has 0 spiro atoms. The highest BCUT2D eigenvalue weighted by Crippen LogP contribution is 2.31. The Kier molecular flexibility index (Phi) is 5.10. The third-order valence-corrected chi connectivity index (χ3v) is 5.23. The number of nitrogens with zero attached hydrogens (tertiary/aromatic N) is 3. The van der Waals surface area contributed by atoms with E-state index < -0.39 is 0 Å². The molecule has 1 amide bonds. The van der Waals surface area contributed by atoms with Crippen molar-refractivity contribution < 1.29 is 14.1 Å². The molecule has 1 saturated heterocycles. The molecule has 0 bridgehead atoms. The molecule has 0 aliphatic carbocycles. The number of carbonyl (C=O) groups is 1. The molecular formula is C22H23N3O3. The van der Waals surface area contributed by atoms with E-state index in [-0.39, 0.29) is 11.9 Å². The number of aromatic nitrogens is 2. The summed E-state index contributed by atoms with van der Waals surface area (Å²) in [6.45, 7) is 2.89. The van der Waals surface area contributed by atoms with Crippen LogP contribution in [0.25, 0.3) is 22.8 Å². The van der Waals surface area contributed by atoms with Crippen LogP contribution in [0.5, 0.6) is 5.75 Å². The molecule has 0 unspecified atom stereocenters. The lowest BCUT2D eigenvalue weighted by atomic mass is 10.00. The molecule has 0 radical (unpaired) electrons. The van der Waals surface area contributed by atoms with Crippen molar-refractivity contribution in [2.24, 2.45) is 0 Å².